The van der Waals surface area contributed by atoms with Gasteiger partial charge in [0.15, 0.2) is 0 Å². The smallest absolute Gasteiger partial charge is 0.0951 e. The van der Waals surface area contributed by atoms with E-state index in [1.165, 1.54) is 0 Å². The van der Waals surface area contributed by atoms with Crippen LogP contribution in [0.5, 0.6) is 0 Å². The molecule has 2 saturated heterocycles. The molecule has 2 rings (SSSR count). The summed E-state index contributed by atoms with van der Waals surface area (Å²) in [5.41, 5.74) is 0.0149. The van der Waals surface area contributed by atoms with Crippen molar-refractivity contribution in [2.24, 2.45) is 0 Å². The zero-order valence-corrected chi connectivity index (χ0v) is 10.6. The topological polar surface area (TPSA) is 50.7 Å². The van der Waals surface area contributed by atoms with Crippen molar-refractivity contribution in [3.05, 3.63) is 0 Å². The van der Waals surface area contributed by atoms with E-state index >= 15 is 0 Å². The van der Waals surface area contributed by atoms with E-state index in [-0.39, 0.29) is 5.60 Å². The van der Waals surface area contributed by atoms with Crippen LogP contribution in [0.3, 0.4) is 0 Å². The van der Waals surface area contributed by atoms with Gasteiger partial charge in [-0.3, -0.25) is 0 Å². The highest BCUT2D eigenvalue weighted by Gasteiger charge is 2.40. The van der Waals surface area contributed by atoms with E-state index < -0.39 is 0 Å². The molecule has 2 heterocycles. The molecule has 100 valence electrons. The summed E-state index contributed by atoms with van der Waals surface area (Å²) in [6, 6.07) is 0.583. The number of nitrogens with one attached hydrogen (secondary N) is 1. The molecule has 0 amide bonds. The van der Waals surface area contributed by atoms with Gasteiger partial charge >= 0.3 is 0 Å². The van der Waals surface area contributed by atoms with Crippen molar-refractivity contribution in [1.82, 2.24) is 5.32 Å². The molecule has 4 nitrogen and oxygen atoms in total. The summed E-state index contributed by atoms with van der Waals surface area (Å²) < 4.78 is 11.4. The molecule has 2 unspecified atom stereocenters. The van der Waals surface area contributed by atoms with Gasteiger partial charge in [0.05, 0.1) is 12.2 Å². The molecule has 2 fully saturated rings. The first kappa shape index (κ1) is 13.3. The number of aliphatic hydroxyl groups is 1. The van der Waals surface area contributed by atoms with Crippen molar-refractivity contribution in [2.45, 2.75) is 50.2 Å². The van der Waals surface area contributed by atoms with E-state index in [2.05, 4.69) is 5.32 Å². The maximum Gasteiger partial charge on any atom is 0.0951 e. The Labute approximate surface area is 104 Å². The molecule has 2 atom stereocenters. The van der Waals surface area contributed by atoms with E-state index in [1.54, 1.807) is 0 Å². The van der Waals surface area contributed by atoms with Crippen molar-refractivity contribution in [2.75, 3.05) is 33.0 Å². The van der Waals surface area contributed by atoms with Crippen molar-refractivity contribution in [3.63, 3.8) is 0 Å². The lowest BCUT2D eigenvalue weighted by Gasteiger charge is -2.37. The summed E-state index contributed by atoms with van der Waals surface area (Å²) in [6.45, 7) is 3.86. The molecule has 17 heavy (non-hydrogen) atoms. The van der Waals surface area contributed by atoms with Crippen molar-refractivity contribution < 1.29 is 14.6 Å². The molecule has 1 spiro atoms. The highest BCUT2D eigenvalue weighted by atomic mass is 16.6. The van der Waals surface area contributed by atoms with Crippen LogP contribution in [-0.2, 0) is 9.47 Å². The van der Waals surface area contributed by atoms with Crippen LogP contribution >= 0.6 is 0 Å². The van der Waals surface area contributed by atoms with Gasteiger partial charge < -0.3 is 19.9 Å². The largest absolute Gasteiger partial charge is 0.396 e. The molecule has 0 saturated carbocycles. The third-order valence-corrected chi connectivity index (χ3v) is 3.83. The summed E-state index contributed by atoms with van der Waals surface area (Å²) in [5, 5.41) is 12.3. The standard InChI is InChI=1S/C13H25NO3/c15-7-3-1-2-6-14-12-4-8-17-13(10-12)5-9-16-11-13/h12,14-15H,1-11H2. The third kappa shape index (κ3) is 3.91. The third-order valence-electron chi connectivity index (χ3n) is 3.83. The maximum absolute atomic E-state index is 8.70. The van der Waals surface area contributed by atoms with Crippen LogP contribution in [0.1, 0.15) is 38.5 Å². The van der Waals surface area contributed by atoms with Crippen LogP contribution in [-0.4, -0.2) is 49.7 Å². The number of rotatable bonds is 6. The second-order valence-corrected chi connectivity index (χ2v) is 5.26. The van der Waals surface area contributed by atoms with Gasteiger partial charge in [-0.05, 0) is 38.6 Å². The first-order chi connectivity index (χ1) is 8.35. The minimum absolute atomic E-state index is 0.0149. The average molecular weight is 243 g/mol. The van der Waals surface area contributed by atoms with Gasteiger partial charge in [0.1, 0.15) is 0 Å². The van der Waals surface area contributed by atoms with Gasteiger partial charge in [0.2, 0.25) is 0 Å². The Balaban J connectivity index is 1.63. The van der Waals surface area contributed by atoms with Gasteiger partial charge in [0.25, 0.3) is 0 Å². The summed E-state index contributed by atoms with van der Waals surface area (Å²) in [5.74, 6) is 0. The van der Waals surface area contributed by atoms with Gasteiger partial charge in [0, 0.05) is 32.3 Å². The van der Waals surface area contributed by atoms with Gasteiger partial charge in [-0.2, -0.15) is 0 Å². The normalized spacial score (nSPS) is 33.4. The highest BCUT2D eigenvalue weighted by molar-refractivity contribution is 4.92. The first-order valence-electron chi connectivity index (χ1n) is 6.91. The van der Waals surface area contributed by atoms with Gasteiger partial charge in [-0.15, -0.1) is 0 Å². The Morgan fingerprint density at radius 3 is 2.94 bits per heavy atom. The molecular weight excluding hydrogens is 218 g/mol. The summed E-state index contributed by atoms with van der Waals surface area (Å²) >= 11 is 0. The Hall–Kier alpha value is -0.160. The predicted octanol–water partition coefficient (Wildman–Crippen LogP) is 1.08. The molecule has 4 heteroatoms. The molecule has 0 radical (unpaired) electrons. The summed E-state index contributed by atoms with van der Waals surface area (Å²) in [6.07, 6.45) is 6.44. The second-order valence-electron chi connectivity index (χ2n) is 5.26. The maximum atomic E-state index is 8.70. The molecule has 0 aromatic carbocycles. The molecule has 0 aromatic rings. The van der Waals surface area contributed by atoms with E-state index in [0.717, 1.165) is 64.9 Å². The quantitative estimate of drug-likeness (QED) is 0.685. The lowest BCUT2D eigenvalue weighted by atomic mass is 9.89. The fourth-order valence-corrected chi connectivity index (χ4v) is 2.79. The molecule has 2 aliphatic heterocycles. The van der Waals surface area contributed by atoms with E-state index in [9.17, 15) is 0 Å². The number of hydrogen-bond donors (Lipinski definition) is 2. The van der Waals surface area contributed by atoms with Crippen molar-refractivity contribution in [1.29, 1.82) is 0 Å². The summed E-state index contributed by atoms with van der Waals surface area (Å²) in [4.78, 5) is 0. The average Bonchev–Trinajstić information content (AvgIpc) is 2.77. The monoisotopic (exact) mass is 243 g/mol. The number of unbranched alkanes of at least 4 members (excludes halogenated alkanes) is 2. The Morgan fingerprint density at radius 1 is 1.24 bits per heavy atom. The number of aliphatic hydroxyl groups excluding tert-OH is 1. The van der Waals surface area contributed by atoms with E-state index in [4.69, 9.17) is 14.6 Å². The van der Waals surface area contributed by atoms with Crippen LogP contribution in [0.2, 0.25) is 0 Å². The SMILES string of the molecule is OCCCCCNC1CCOC2(CCOC2)C1. The van der Waals surface area contributed by atoms with Crippen LogP contribution in [0.25, 0.3) is 0 Å². The van der Waals surface area contributed by atoms with Crippen LogP contribution in [0.4, 0.5) is 0 Å². The van der Waals surface area contributed by atoms with E-state index in [1.807, 2.05) is 0 Å². The molecular formula is C13H25NO3. The lowest BCUT2D eigenvalue weighted by Crippen LogP contribution is -2.47. The van der Waals surface area contributed by atoms with Crippen LogP contribution in [0, 0.1) is 0 Å². The fraction of sp³-hybridized carbons (Fsp3) is 1.00. The lowest BCUT2D eigenvalue weighted by molar-refractivity contribution is -0.0892. The van der Waals surface area contributed by atoms with E-state index in [0.29, 0.717) is 12.6 Å². The molecule has 2 aliphatic rings. The van der Waals surface area contributed by atoms with Crippen molar-refractivity contribution in [3.8, 4) is 0 Å². The summed E-state index contributed by atoms with van der Waals surface area (Å²) in [7, 11) is 0. The second kappa shape index (κ2) is 6.69. The highest BCUT2D eigenvalue weighted by Crippen LogP contribution is 2.32. The Bertz CT molecular complexity index is 217. The minimum atomic E-state index is 0.0149. The zero-order chi connectivity index (χ0) is 12.0. The predicted molar refractivity (Wildman–Crippen MR) is 66.1 cm³/mol. The van der Waals surface area contributed by atoms with Crippen LogP contribution in [0.15, 0.2) is 0 Å². The van der Waals surface area contributed by atoms with Crippen molar-refractivity contribution >= 4 is 0 Å². The minimum Gasteiger partial charge on any atom is -0.396 e. The Morgan fingerprint density at radius 2 is 2.18 bits per heavy atom. The van der Waals surface area contributed by atoms with Crippen LogP contribution < -0.4 is 5.32 Å². The fourth-order valence-electron chi connectivity index (χ4n) is 2.79. The molecule has 0 aromatic heterocycles. The Kier molecular flexibility index (Phi) is 5.22. The molecule has 0 aliphatic carbocycles. The molecule has 0 bridgehead atoms. The number of ether oxygens (including phenoxy) is 2. The van der Waals surface area contributed by atoms with Gasteiger partial charge in [-0.25, -0.2) is 0 Å². The zero-order valence-electron chi connectivity index (χ0n) is 10.6. The van der Waals surface area contributed by atoms with Gasteiger partial charge in [-0.1, -0.05) is 0 Å². The molecule has 2 N–H and O–H groups in total. The number of hydrogen-bond acceptors (Lipinski definition) is 4. The first-order valence-corrected chi connectivity index (χ1v) is 6.91.